The van der Waals surface area contributed by atoms with Crippen LogP contribution in [0, 0.1) is 5.92 Å². The van der Waals surface area contributed by atoms with E-state index in [1.165, 1.54) is 0 Å². The zero-order valence-corrected chi connectivity index (χ0v) is 25.3. The van der Waals surface area contributed by atoms with Crippen LogP contribution in [0.3, 0.4) is 0 Å². The van der Waals surface area contributed by atoms with Gasteiger partial charge in [0.15, 0.2) is 0 Å². The Bertz CT molecular complexity index is 590. The van der Waals surface area contributed by atoms with Gasteiger partial charge in [-0.1, -0.05) is 33.3 Å². The first-order valence-electron chi connectivity index (χ1n) is 14.7. The van der Waals surface area contributed by atoms with Crippen LogP contribution in [0.2, 0.25) is 0 Å². The van der Waals surface area contributed by atoms with E-state index >= 15 is 0 Å². The van der Waals surface area contributed by atoms with E-state index in [0.29, 0.717) is 106 Å². The minimum Gasteiger partial charge on any atom is -0.463 e. The van der Waals surface area contributed by atoms with Crippen molar-refractivity contribution in [3.8, 4) is 0 Å². The van der Waals surface area contributed by atoms with Gasteiger partial charge in [0.25, 0.3) is 0 Å². The molecule has 0 amide bonds. The SMILES string of the molecule is C=CC(=O)OCCOCCOCCOCCOCCOCCOCCOCCOCCOC(=O)C(CC)CCCC. The van der Waals surface area contributed by atoms with E-state index in [0.717, 1.165) is 31.8 Å². The van der Waals surface area contributed by atoms with Gasteiger partial charge in [-0.25, -0.2) is 4.79 Å². The number of hydrogen-bond acceptors (Lipinski definition) is 12. The van der Waals surface area contributed by atoms with Gasteiger partial charge in [0.05, 0.1) is 112 Å². The van der Waals surface area contributed by atoms with Gasteiger partial charge in [0.2, 0.25) is 0 Å². The Morgan fingerprint density at radius 2 is 0.854 bits per heavy atom. The molecule has 0 aromatic rings. The third-order valence-corrected chi connectivity index (χ3v) is 5.45. The van der Waals surface area contributed by atoms with E-state index in [4.69, 9.17) is 47.4 Å². The zero-order chi connectivity index (χ0) is 30.1. The molecule has 12 nitrogen and oxygen atoms in total. The predicted octanol–water partition coefficient (Wildman–Crippen LogP) is 2.61. The molecule has 0 fully saturated rings. The van der Waals surface area contributed by atoms with Gasteiger partial charge in [-0.15, -0.1) is 0 Å². The molecule has 1 unspecified atom stereocenters. The van der Waals surface area contributed by atoms with Crippen LogP contribution in [0.25, 0.3) is 0 Å². The molecular weight excluding hydrogens is 540 g/mol. The molecule has 0 aromatic carbocycles. The Labute approximate surface area is 246 Å². The van der Waals surface area contributed by atoms with E-state index in [9.17, 15) is 9.59 Å². The highest BCUT2D eigenvalue weighted by Crippen LogP contribution is 2.14. The smallest absolute Gasteiger partial charge is 0.330 e. The van der Waals surface area contributed by atoms with Gasteiger partial charge in [-0.05, 0) is 12.8 Å². The van der Waals surface area contributed by atoms with E-state index < -0.39 is 5.97 Å². The van der Waals surface area contributed by atoms with E-state index in [2.05, 4.69) is 13.5 Å². The van der Waals surface area contributed by atoms with Gasteiger partial charge in [0.1, 0.15) is 13.2 Å². The molecule has 0 N–H and O–H groups in total. The fourth-order valence-corrected chi connectivity index (χ4v) is 3.16. The summed E-state index contributed by atoms with van der Waals surface area (Å²) in [6.07, 6.45) is 4.94. The van der Waals surface area contributed by atoms with E-state index in [1.54, 1.807) is 0 Å². The molecule has 0 aliphatic rings. The lowest BCUT2D eigenvalue weighted by atomic mass is 10.00. The van der Waals surface area contributed by atoms with E-state index in [-0.39, 0.29) is 25.1 Å². The molecule has 242 valence electrons. The van der Waals surface area contributed by atoms with E-state index in [1.807, 2.05) is 6.92 Å². The lowest BCUT2D eigenvalue weighted by Gasteiger charge is -2.13. The Hall–Kier alpha value is -1.64. The maximum Gasteiger partial charge on any atom is 0.330 e. The molecule has 12 heteroatoms. The van der Waals surface area contributed by atoms with Gasteiger partial charge in [0, 0.05) is 6.08 Å². The number of ether oxygens (including phenoxy) is 10. The molecule has 0 aliphatic carbocycles. The van der Waals surface area contributed by atoms with Crippen molar-refractivity contribution in [1.82, 2.24) is 0 Å². The number of carbonyl (C=O) groups excluding carboxylic acids is 2. The first-order valence-corrected chi connectivity index (χ1v) is 14.7. The molecule has 41 heavy (non-hydrogen) atoms. The van der Waals surface area contributed by atoms with Crippen LogP contribution in [0.5, 0.6) is 0 Å². The summed E-state index contributed by atoms with van der Waals surface area (Å²) in [5.41, 5.74) is 0. The molecule has 0 rings (SSSR count). The van der Waals surface area contributed by atoms with Crippen LogP contribution < -0.4 is 0 Å². The highest BCUT2D eigenvalue weighted by Gasteiger charge is 2.16. The summed E-state index contributed by atoms with van der Waals surface area (Å²) in [6, 6.07) is 0. The van der Waals surface area contributed by atoms with Crippen molar-refractivity contribution < 1.29 is 57.0 Å². The molecule has 0 aliphatic heterocycles. The molecule has 0 bridgehead atoms. The molecule has 0 saturated carbocycles. The van der Waals surface area contributed by atoms with Crippen LogP contribution in [0.15, 0.2) is 12.7 Å². The fraction of sp³-hybridized carbons (Fsp3) is 0.862. The molecule has 0 radical (unpaired) electrons. The maximum atomic E-state index is 12.0. The largest absolute Gasteiger partial charge is 0.463 e. The number of hydrogen-bond donors (Lipinski definition) is 0. The Morgan fingerprint density at radius 1 is 0.537 bits per heavy atom. The maximum absolute atomic E-state index is 12.0. The summed E-state index contributed by atoms with van der Waals surface area (Å²) in [5.74, 6) is -0.590. The Morgan fingerprint density at radius 3 is 1.15 bits per heavy atom. The summed E-state index contributed by atoms with van der Waals surface area (Å²) in [7, 11) is 0. The topological polar surface area (TPSA) is 126 Å². The molecule has 0 heterocycles. The van der Waals surface area contributed by atoms with Gasteiger partial charge in [-0.2, -0.15) is 0 Å². The van der Waals surface area contributed by atoms with Crippen molar-refractivity contribution in [2.75, 3.05) is 119 Å². The molecular formula is C29H54O12. The van der Waals surface area contributed by atoms with Crippen molar-refractivity contribution in [2.45, 2.75) is 39.5 Å². The predicted molar refractivity (Wildman–Crippen MR) is 152 cm³/mol. The quantitative estimate of drug-likeness (QED) is 0.0630. The number of unbranched alkanes of at least 4 members (excludes halogenated alkanes) is 1. The summed E-state index contributed by atoms with van der Waals surface area (Å²) >= 11 is 0. The average molecular weight is 595 g/mol. The van der Waals surface area contributed by atoms with Gasteiger partial charge >= 0.3 is 11.9 Å². The molecule has 0 saturated heterocycles. The highest BCUT2D eigenvalue weighted by atomic mass is 16.6. The number of rotatable bonds is 33. The lowest BCUT2D eigenvalue weighted by molar-refractivity contribution is -0.150. The second kappa shape index (κ2) is 32.9. The average Bonchev–Trinajstić information content (AvgIpc) is 2.98. The molecule has 1 atom stereocenters. The standard InChI is InChI=1S/C29H54O12/c1-4-7-8-27(5-2)29(31)41-26-24-39-22-20-37-18-16-35-14-12-33-10-9-32-11-13-34-15-17-36-19-21-38-23-25-40-28(30)6-3/h6,27H,3-5,7-26H2,1-2H3. The third kappa shape index (κ3) is 29.6. The first kappa shape index (κ1) is 39.4. The fourth-order valence-electron chi connectivity index (χ4n) is 3.16. The van der Waals surface area contributed by atoms with Gasteiger partial charge < -0.3 is 47.4 Å². The lowest BCUT2D eigenvalue weighted by Crippen LogP contribution is -2.20. The van der Waals surface area contributed by atoms with Crippen molar-refractivity contribution >= 4 is 11.9 Å². The molecule has 0 spiro atoms. The molecule has 0 aromatic heterocycles. The second-order valence-corrected chi connectivity index (χ2v) is 8.69. The highest BCUT2D eigenvalue weighted by molar-refractivity contribution is 5.81. The summed E-state index contributed by atoms with van der Waals surface area (Å²) in [6.45, 7) is 15.2. The van der Waals surface area contributed by atoms with Crippen molar-refractivity contribution in [3.05, 3.63) is 12.7 Å². The Kier molecular flexibility index (Phi) is 31.6. The summed E-state index contributed by atoms with van der Waals surface area (Å²) in [4.78, 5) is 22.8. The van der Waals surface area contributed by atoms with Crippen LogP contribution in [-0.2, 0) is 57.0 Å². The summed E-state index contributed by atoms with van der Waals surface area (Å²) < 4.78 is 53.3. The second-order valence-electron chi connectivity index (χ2n) is 8.69. The first-order chi connectivity index (χ1) is 20.2. The van der Waals surface area contributed by atoms with Crippen LogP contribution in [-0.4, -0.2) is 131 Å². The number of carbonyl (C=O) groups is 2. The van der Waals surface area contributed by atoms with Crippen molar-refractivity contribution in [2.24, 2.45) is 5.92 Å². The van der Waals surface area contributed by atoms with Gasteiger partial charge in [-0.3, -0.25) is 4.79 Å². The van der Waals surface area contributed by atoms with Crippen LogP contribution in [0.1, 0.15) is 39.5 Å². The van der Waals surface area contributed by atoms with Crippen molar-refractivity contribution in [3.63, 3.8) is 0 Å². The van der Waals surface area contributed by atoms with Crippen LogP contribution >= 0.6 is 0 Å². The monoisotopic (exact) mass is 594 g/mol. The number of esters is 2. The van der Waals surface area contributed by atoms with Crippen LogP contribution in [0.4, 0.5) is 0 Å². The minimum atomic E-state index is -0.460. The third-order valence-electron chi connectivity index (χ3n) is 5.45. The van der Waals surface area contributed by atoms with Crippen molar-refractivity contribution in [1.29, 1.82) is 0 Å². The normalized spacial score (nSPS) is 11.9. The Balaban J connectivity index is 3.17. The summed E-state index contributed by atoms with van der Waals surface area (Å²) in [5, 5.41) is 0. The minimum absolute atomic E-state index is 0.00545. The zero-order valence-electron chi connectivity index (χ0n) is 25.3.